The maximum Gasteiger partial charge on any atom is 0.255 e. The average molecular weight is 362 g/mol. The van der Waals surface area contributed by atoms with Gasteiger partial charge in [0.15, 0.2) is 5.76 Å². The lowest BCUT2D eigenvalue weighted by Crippen LogP contribution is -2.20. The molecule has 0 spiro atoms. The molecule has 0 radical (unpaired) electrons. The predicted octanol–water partition coefficient (Wildman–Crippen LogP) is 2.40. The number of hydrogen-bond donors (Lipinski definition) is 2. The number of nitrogens with one attached hydrogen (secondary N) is 2. The molecule has 25 heavy (non-hydrogen) atoms. The number of nitrogens with zero attached hydrogens (tertiary/aromatic N) is 3. The number of carbonyl (C=O) groups is 1. The molecule has 8 nitrogen and oxygen atoms in total. The molecular formula is C16H16ClN5O3. The summed E-state index contributed by atoms with van der Waals surface area (Å²) in [7, 11) is 0. The summed E-state index contributed by atoms with van der Waals surface area (Å²) in [6, 6.07) is 5.12. The molecular weight excluding hydrogens is 346 g/mol. The molecule has 2 N–H and O–H groups in total. The fraction of sp³-hybridized carbons (Fsp3) is 0.250. The van der Waals surface area contributed by atoms with Crippen molar-refractivity contribution in [2.24, 2.45) is 0 Å². The van der Waals surface area contributed by atoms with E-state index in [1.54, 1.807) is 32.0 Å². The number of aromatic amines is 1. The molecule has 0 unspecified atom stereocenters. The minimum absolute atomic E-state index is 0.152. The van der Waals surface area contributed by atoms with Crippen molar-refractivity contribution in [1.29, 1.82) is 0 Å². The van der Waals surface area contributed by atoms with Crippen LogP contribution in [-0.2, 0) is 4.79 Å². The molecule has 0 saturated carbocycles. The molecule has 0 atom stereocenters. The summed E-state index contributed by atoms with van der Waals surface area (Å²) in [4.78, 5) is 31.0. The number of H-pyrrole nitrogens is 1. The second-order valence-electron chi connectivity index (χ2n) is 5.39. The molecule has 0 aliphatic rings. The van der Waals surface area contributed by atoms with E-state index in [-0.39, 0.29) is 29.7 Å². The maximum absolute atomic E-state index is 12.0. The maximum atomic E-state index is 12.0. The van der Waals surface area contributed by atoms with Crippen molar-refractivity contribution in [2.75, 3.05) is 11.2 Å². The molecule has 3 aromatic rings. The van der Waals surface area contributed by atoms with Gasteiger partial charge in [-0.25, -0.2) is 4.98 Å². The molecule has 9 heteroatoms. The summed E-state index contributed by atoms with van der Waals surface area (Å²) in [6.45, 7) is 3.42. The Kier molecular flexibility index (Phi) is 4.71. The van der Waals surface area contributed by atoms with E-state index in [9.17, 15) is 9.59 Å². The SMILES string of the molecule is Cc1nc(-n2nc(-c3ccco3)cc2NC(=O)CCCl)[nH]c(=O)c1C. The van der Waals surface area contributed by atoms with Gasteiger partial charge in [-0.1, -0.05) is 0 Å². The van der Waals surface area contributed by atoms with Crippen molar-refractivity contribution in [3.8, 4) is 17.4 Å². The quantitative estimate of drug-likeness (QED) is 0.679. The van der Waals surface area contributed by atoms with Gasteiger partial charge in [-0.3, -0.25) is 14.6 Å². The molecule has 0 bridgehead atoms. The van der Waals surface area contributed by atoms with E-state index < -0.39 is 0 Å². The highest BCUT2D eigenvalue weighted by Gasteiger charge is 2.17. The van der Waals surface area contributed by atoms with Crippen LogP contribution in [0.4, 0.5) is 5.82 Å². The van der Waals surface area contributed by atoms with Crippen LogP contribution in [0.25, 0.3) is 17.4 Å². The van der Waals surface area contributed by atoms with E-state index in [0.29, 0.717) is 28.5 Å². The van der Waals surface area contributed by atoms with Crippen LogP contribution in [0.1, 0.15) is 17.7 Å². The van der Waals surface area contributed by atoms with Crippen LogP contribution < -0.4 is 10.9 Å². The fourth-order valence-corrected chi connectivity index (χ4v) is 2.37. The third-order valence-corrected chi connectivity index (χ3v) is 3.84. The summed E-state index contributed by atoms with van der Waals surface area (Å²) < 4.78 is 6.70. The third-order valence-electron chi connectivity index (χ3n) is 3.65. The Morgan fingerprint density at radius 1 is 1.44 bits per heavy atom. The summed E-state index contributed by atoms with van der Waals surface area (Å²) in [5, 5.41) is 7.11. The van der Waals surface area contributed by atoms with Gasteiger partial charge in [-0.2, -0.15) is 9.78 Å². The van der Waals surface area contributed by atoms with Crippen molar-refractivity contribution in [1.82, 2.24) is 19.7 Å². The van der Waals surface area contributed by atoms with E-state index in [2.05, 4.69) is 20.4 Å². The molecule has 3 aromatic heterocycles. The topological polar surface area (TPSA) is 106 Å². The Labute approximate surface area is 147 Å². The summed E-state index contributed by atoms with van der Waals surface area (Å²) in [5.41, 5.74) is 1.32. The average Bonchev–Trinajstić information content (AvgIpc) is 3.21. The van der Waals surface area contributed by atoms with E-state index in [4.69, 9.17) is 16.0 Å². The van der Waals surface area contributed by atoms with Crippen molar-refractivity contribution in [2.45, 2.75) is 20.3 Å². The highest BCUT2D eigenvalue weighted by molar-refractivity contribution is 6.19. The van der Waals surface area contributed by atoms with Gasteiger partial charge in [-0.15, -0.1) is 11.6 Å². The number of carbonyl (C=O) groups excluding carboxylic acids is 1. The Morgan fingerprint density at radius 3 is 2.88 bits per heavy atom. The lowest BCUT2D eigenvalue weighted by molar-refractivity contribution is -0.115. The molecule has 0 saturated heterocycles. The first-order chi connectivity index (χ1) is 12.0. The summed E-state index contributed by atoms with van der Waals surface area (Å²) in [5.74, 6) is 1.01. The summed E-state index contributed by atoms with van der Waals surface area (Å²) >= 11 is 5.61. The van der Waals surface area contributed by atoms with Gasteiger partial charge in [-0.05, 0) is 26.0 Å². The Hall–Kier alpha value is -2.87. The second-order valence-corrected chi connectivity index (χ2v) is 5.77. The van der Waals surface area contributed by atoms with Crippen LogP contribution in [0.15, 0.2) is 33.7 Å². The largest absolute Gasteiger partial charge is 0.463 e. The third kappa shape index (κ3) is 3.48. The number of alkyl halides is 1. The number of furan rings is 1. The zero-order valence-electron chi connectivity index (χ0n) is 13.7. The number of aromatic nitrogens is 4. The number of rotatable bonds is 5. The first-order valence-corrected chi connectivity index (χ1v) is 8.10. The second kappa shape index (κ2) is 6.94. The van der Waals surface area contributed by atoms with E-state index in [1.165, 1.54) is 10.9 Å². The van der Waals surface area contributed by atoms with Gasteiger partial charge >= 0.3 is 0 Å². The zero-order chi connectivity index (χ0) is 18.0. The van der Waals surface area contributed by atoms with Crippen LogP contribution in [0.5, 0.6) is 0 Å². The minimum atomic E-state index is -0.270. The molecule has 0 aliphatic heterocycles. The number of aryl methyl sites for hydroxylation is 1. The molecule has 0 aliphatic carbocycles. The molecule has 1 amide bonds. The van der Waals surface area contributed by atoms with E-state index in [1.807, 2.05) is 0 Å². The molecule has 3 heterocycles. The Morgan fingerprint density at radius 2 is 2.24 bits per heavy atom. The van der Waals surface area contributed by atoms with Crippen LogP contribution in [0.3, 0.4) is 0 Å². The van der Waals surface area contributed by atoms with Gasteiger partial charge in [0.05, 0.1) is 6.26 Å². The smallest absolute Gasteiger partial charge is 0.255 e. The van der Waals surface area contributed by atoms with Gasteiger partial charge in [0, 0.05) is 29.6 Å². The molecule has 3 rings (SSSR count). The van der Waals surface area contributed by atoms with E-state index >= 15 is 0 Å². The monoisotopic (exact) mass is 361 g/mol. The minimum Gasteiger partial charge on any atom is -0.463 e. The lowest BCUT2D eigenvalue weighted by atomic mass is 10.3. The molecule has 0 fully saturated rings. The zero-order valence-corrected chi connectivity index (χ0v) is 14.4. The molecule has 0 aromatic carbocycles. The Bertz CT molecular complexity index is 959. The van der Waals surface area contributed by atoms with E-state index in [0.717, 1.165) is 0 Å². The van der Waals surface area contributed by atoms with Gasteiger partial charge in [0.25, 0.3) is 5.56 Å². The molecule has 130 valence electrons. The number of anilines is 1. The standard InChI is InChI=1S/C16H16ClN5O3/c1-9-10(2)18-16(20-15(9)24)22-13(19-14(23)5-6-17)8-11(21-22)12-4-3-7-25-12/h3-4,7-8H,5-6H2,1-2H3,(H,19,23)(H,18,20,24). The van der Waals surface area contributed by atoms with Crippen LogP contribution >= 0.6 is 11.6 Å². The Balaban J connectivity index is 2.10. The number of hydrogen-bond acceptors (Lipinski definition) is 5. The summed E-state index contributed by atoms with van der Waals surface area (Å²) in [6.07, 6.45) is 1.68. The lowest BCUT2D eigenvalue weighted by Gasteiger charge is -2.08. The van der Waals surface area contributed by atoms with Crippen LogP contribution in [0, 0.1) is 13.8 Å². The number of amides is 1. The van der Waals surface area contributed by atoms with Crippen LogP contribution in [-0.4, -0.2) is 31.5 Å². The van der Waals surface area contributed by atoms with Gasteiger partial charge in [0.2, 0.25) is 11.9 Å². The van der Waals surface area contributed by atoms with Crippen molar-refractivity contribution < 1.29 is 9.21 Å². The van der Waals surface area contributed by atoms with Crippen molar-refractivity contribution in [3.05, 3.63) is 46.1 Å². The predicted molar refractivity (Wildman–Crippen MR) is 93.1 cm³/mol. The highest BCUT2D eigenvalue weighted by atomic mass is 35.5. The first kappa shape index (κ1) is 17.0. The van der Waals surface area contributed by atoms with Gasteiger partial charge in [0.1, 0.15) is 11.5 Å². The van der Waals surface area contributed by atoms with Crippen molar-refractivity contribution >= 4 is 23.3 Å². The van der Waals surface area contributed by atoms with Gasteiger partial charge < -0.3 is 9.73 Å². The normalized spacial score (nSPS) is 10.8. The highest BCUT2D eigenvalue weighted by Crippen LogP contribution is 2.24. The number of halogens is 1. The van der Waals surface area contributed by atoms with Crippen LogP contribution in [0.2, 0.25) is 0 Å². The first-order valence-electron chi connectivity index (χ1n) is 7.57. The fourth-order valence-electron chi connectivity index (χ4n) is 2.20. The van der Waals surface area contributed by atoms with Crippen molar-refractivity contribution in [3.63, 3.8) is 0 Å².